The number of rotatable bonds is 7. The van der Waals surface area contributed by atoms with Crippen LogP contribution in [0.25, 0.3) is 11.1 Å². The lowest BCUT2D eigenvalue weighted by molar-refractivity contribution is -0.147. The zero-order valence-corrected chi connectivity index (χ0v) is 13.0. The van der Waals surface area contributed by atoms with E-state index in [4.69, 9.17) is 0 Å². The molecule has 1 N–H and O–H groups in total. The van der Waals surface area contributed by atoms with Gasteiger partial charge >= 0.3 is 5.97 Å². The summed E-state index contributed by atoms with van der Waals surface area (Å²) in [5.41, 5.74) is 0.645. The molecular weight excluding hydrogens is 304 g/mol. The number of hydrogen-bond donors (Lipinski definition) is 1. The van der Waals surface area contributed by atoms with Gasteiger partial charge in [0.1, 0.15) is 0 Å². The summed E-state index contributed by atoms with van der Waals surface area (Å²) in [5.74, 6) is -1.53. The molecule has 0 aliphatic heterocycles. The Morgan fingerprint density at radius 2 is 2.05 bits per heavy atom. The standard InChI is InChI=1S/C15H18N2O4S/c1-15(14(18)19,11-22(20)21)7-8-17-10-13(9-16-17)12-5-3-2-4-6-12/h2-6,9-10H,7-8,11H2,1H3,(H,18,19)(H,20,21)/p-1/t15-/m0/s1. The molecule has 0 saturated carbocycles. The van der Waals surface area contributed by atoms with Crippen LogP contribution < -0.4 is 0 Å². The van der Waals surface area contributed by atoms with Gasteiger partial charge < -0.3 is 9.66 Å². The number of aliphatic carboxylic acids is 1. The smallest absolute Gasteiger partial charge is 0.310 e. The average molecular weight is 321 g/mol. The lowest BCUT2D eigenvalue weighted by Gasteiger charge is -2.25. The fourth-order valence-electron chi connectivity index (χ4n) is 2.13. The van der Waals surface area contributed by atoms with Gasteiger partial charge in [-0.1, -0.05) is 41.4 Å². The monoisotopic (exact) mass is 321 g/mol. The molecule has 0 fully saturated rings. The molecule has 0 bridgehead atoms. The van der Waals surface area contributed by atoms with Gasteiger partial charge in [-0.25, -0.2) is 0 Å². The van der Waals surface area contributed by atoms with Crippen LogP contribution in [0, 0.1) is 5.41 Å². The van der Waals surface area contributed by atoms with E-state index in [1.54, 1.807) is 10.9 Å². The predicted octanol–water partition coefficient (Wildman–Crippen LogP) is 1.91. The molecule has 0 saturated heterocycles. The quantitative estimate of drug-likeness (QED) is 0.786. The van der Waals surface area contributed by atoms with Gasteiger partial charge in [0.2, 0.25) is 0 Å². The molecule has 0 aliphatic rings. The van der Waals surface area contributed by atoms with E-state index in [0.717, 1.165) is 11.1 Å². The Kier molecular flexibility index (Phi) is 5.10. The molecule has 0 spiro atoms. The van der Waals surface area contributed by atoms with E-state index in [2.05, 4.69) is 5.10 Å². The van der Waals surface area contributed by atoms with E-state index in [1.165, 1.54) is 6.92 Å². The highest BCUT2D eigenvalue weighted by molar-refractivity contribution is 7.79. The molecule has 1 unspecified atom stereocenters. The zero-order valence-electron chi connectivity index (χ0n) is 12.1. The van der Waals surface area contributed by atoms with Crippen molar-refractivity contribution in [3.63, 3.8) is 0 Å². The Morgan fingerprint density at radius 1 is 1.36 bits per heavy atom. The normalized spacial score (nSPS) is 15.2. The van der Waals surface area contributed by atoms with Gasteiger partial charge in [-0.05, 0) is 18.9 Å². The van der Waals surface area contributed by atoms with E-state index >= 15 is 0 Å². The van der Waals surface area contributed by atoms with Crippen molar-refractivity contribution < 1.29 is 18.7 Å². The van der Waals surface area contributed by atoms with Gasteiger partial charge in [0, 0.05) is 24.1 Å². The number of carbonyl (C=O) groups is 1. The first-order valence-corrected chi connectivity index (χ1v) is 8.02. The molecular formula is C15H17N2O4S-. The third-order valence-corrected chi connectivity index (χ3v) is 4.46. The SMILES string of the molecule is C[C@](CCn1cc(-c2ccccc2)cn1)(CS(=O)[O-])C(=O)O. The molecule has 1 aromatic heterocycles. The maximum absolute atomic E-state index is 11.3. The van der Waals surface area contributed by atoms with Crippen molar-refractivity contribution >= 4 is 17.0 Å². The Morgan fingerprint density at radius 3 is 2.64 bits per heavy atom. The van der Waals surface area contributed by atoms with Gasteiger partial charge in [-0.3, -0.25) is 13.7 Å². The van der Waals surface area contributed by atoms with E-state index < -0.39 is 28.2 Å². The summed E-state index contributed by atoms with van der Waals surface area (Å²) in [6, 6.07) is 9.71. The van der Waals surface area contributed by atoms with Gasteiger partial charge in [0.25, 0.3) is 0 Å². The highest BCUT2D eigenvalue weighted by Gasteiger charge is 2.33. The summed E-state index contributed by atoms with van der Waals surface area (Å²) in [6.07, 6.45) is 3.72. The minimum atomic E-state index is -2.40. The number of hydrogen-bond acceptors (Lipinski definition) is 4. The van der Waals surface area contributed by atoms with Crippen LogP contribution in [-0.4, -0.2) is 35.4 Å². The Bertz CT molecular complexity index is 671. The second-order valence-electron chi connectivity index (χ2n) is 5.42. The molecule has 22 heavy (non-hydrogen) atoms. The molecule has 2 aromatic rings. The molecule has 1 aromatic carbocycles. The summed E-state index contributed by atoms with van der Waals surface area (Å²) < 4.78 is 23.3. The number of carboxylic acids is 1. The number of nitrogens with zero attached hydrogens (tertiary/aromatic N) is 2. The van der Waals surface area contributed by atoms with Gasteiger partial charge in [0.05, 0.1) is 11.6 Å². The van der Waals surface area contributed by atoms with Crippen LogP contribution in [0.1, 0.15) is 13.3 Å². The molecule has 7 heteroatoms. The summed E-state index contributed by atoms with van der Waals surface area (Å²) in [5, 5.41) is 13.4. The number of aryl methyl sites for hydroxylation is 1. The number of benzene rings is 1. The average Bonchev–Trinajstić information content (AvgIpc) is 2.94. The topological polar surface area (TPSA) is 95.3 Å². The minimum Gasteiger partial charge on any atom is -0.772 e. The molecule has 1 heterocycles. The molecule has 118 valence electrons. The van der Waals surface area contributed by atoms with Gasteiger partial charge in [-0.2, -0.15) is 5.10 Å². The second kappa shape index (κ2) is 6.85. The molecule has 0 amide bonds. The maximum atomic E-state index is 11.3. The minimum absolute atomic E-state index is 0.187. The van der Waals surface area contributed by atoms with Gasteiger partial charge in [0.15, 0.2) is 0 Å². The fraction of sp³-hybridized carbons (Fsp3) is 0.333. The van der Waals surface area contributed by atoms with Crippen LogP contribution in [0.4, 0.5) is 0 Å². The summed E-state index contributed by atoms with van der Waals surface area (Å²) in [6.45, 7) is 1.78. The van der Waals surface area contributed by atoms with Crippen LogP contribution in [0.5, 0.6) is 0 Å². The van der Waals surface area contributed by atoms with E-state index in [-0.39, 0.29) is 6.42 Å². The maximum Gasteiger partial charge on any atom is 0.310 e. The Balaban J connectivity index is 2.07. The largest absolute Gasteiger partial charge is 0.772 e. The molecule has 0 aliphatic carbocycles. The van der Waals surface area contributed by atoms with Crippen molar-refractivity contribution in [1.29, 1.82) is 0 Å². The van der Waals surface area contributed by atoms with Crippen molar-refractivity contribution in [1.82, 2.24) is 9.78 Å². The van der Waals surface area contributed by atoms with E-state index in [0.29, 0.717) is 6.54 Å². The Hall–Kier alpha value is -1.99. The van der Waals surface area contributed by atoms with Crippen molar-refractivity contribution in [2.45, 2.75) is 19.9 Å². The third-order valence-electron chi connectivity index (χ3n) is 3.59. The Labute approximate surface area is 131 Å². The number of aromatic nitrogens is 2. The van der Waals surface area contributed by atoms with E-state index in [1.807, 2.05) is 36.5 Å². The first kappa shape index (κ1) is 16.4. The van der Waals surface area contributed by atoms with Crippen LogP contribution in [0.3, 0.4) is 0 Å². The molecule has 2 atom stereocenters. The first-order valence-electron chi connectivity index (χ1n) is 6.78. The van der Waals surface area contributed by atoms with E-state index in [9.17, 15) is 18.7 Å². The van der Waals surface area contributed by atoms with Crippen molar-refractivity contribution in [2.75, 3.05) is 5.75 Å². The third kappa shape index (κ3) is 4.02. The number of carboxylic acid groups (broad SMARTS) is 1. The van der Waals surface area contributed by atoms with Gasteiger partial charge in [-0.15, -0.1) is 0 Å². The van der Waals surface area contributed by atoms with Crippen LogP contribution >= 0.6 is 0 Å². The highest BCUT2D eigenvalue weighted by atomic mass is 32.2. The molecule has 0 radical (unpaired) electrons. The highest BCUT2D eigenvalue weighted by Crippen LogP contribution is 2.24. The zero-order chi connectivity index (χ0) is 16.2. The van der Waals surface area contributed by atoms with Crippen LogP contribution in [0.15, 0.2) is 42.7 Å². The van der Waals surface area contributed by atoms with Crippen molar-refractivity contribution in [3.05, 3.63) is 42.7 Å². The van der Waals surface area contributed by atoms with Crippen molar-refractivity contribution in [2.24, 2.45) is 5.41 Å². The summed E-state index contributed by atoms with van der Waals surface area (Å²) in [7, 11) is 0. The summed E-state index contributed by atoms with van der Waals surface area (Å²) >= 11 is -2.40. The lowest BCUT2D eigenvalue weighted by atomic mass is 9.89. The lowest BCUT2D eigenvalue weighted by Crippen LogP contribution is -2.34. The second-order valence-corrected chi connectivity index (χ2v) is 6.32. The van der Waals surface area contributed by atoms with Crippen molar-refractivity contribution in [3.8, 4) is 11.1 Å². The predicted molar refractivity (Wildman–Crippen MR) is 81.8 cm³/mol. The molecule has 2 rings (SSSR count). The molecule has 6 nitrogen and oxygen atoms in total. The fourth-order valence-corrected chi connectivity index (χ4v) is 2.92. The summed E-state index contributed by atoms with van der Waals surface area (Å²) in [4.78, 5) is 11.3. The first-order chi connectivity index (χ1) is 10.4. The van der Waals surface area contributed by atoms with Crippen LogP contribution in [0.2, 0.25) is 0 Å². The van der Waals surface area contributed by atoms with Crippen LogP contribution in [-0.2, 0) is 22.4 Å².